The summed E-state index contributed by atoms with van der Waals surface area (Å²) in [5.41, 5.74) is 0. The zero-order chi connectivity index (χ0) is 6.97. The van der Waals surface area contributed by atoms with Crippen molar-refractivity contribution in [2.75, 3.05) is 32.7 Å². The van der Waals surface area contributed by atoms with E-state index in [2.05, 4.69) is 16.6 Å². The summed E-state index contributed by atoms with van der Waals surface area (Å²) in [4.78, 5) is 2.42. The molecule has 2 heterocycles. The predicted octanol–water partition coefficient (Wildman–Crippen LogP) is 1.34. The average molecular weight is 158 g/mol. The van der Waals surface area contributed by atoms with Crippen molar-refractivity contribution in [1.82, 2.24) is 9.57 Å². The summed E-state index contributed by atoms with van der Waals surface area (Å²) in [6.07, 6.45) is 5.63. The molecule has 0 saturated carbocycles. The average Bonchev–Trinajstić information content (AvgIpc) is 2.31. The molecule has 0 N–H and O–H groups in total. The maximum atomic E-state index is 2.70. The highest BCUT2D eigenvalue weighted by molar-refractivity contribution is 7.56. The molecule has 2 aliphatic heterocycles. The second-order valence-electron chi connectivity index (χ2n) is 3.31. The third kappa shape index (κ3) is 1.20. The lowest BCUT2D eigenvalue weighted by atomic mass is 10.4. The van der Waals surface area contributed by atoms with Crippen molar-refractivity contribution in [1.29, 1.82) is 0 Å². The summed E-state index contributed by atoms with van der Waals surface area (Å²) < 4.78 is 2.70. The van der Waals surface area contributed by atoms with Gasteiger partial charge in [0.1, 0.15) is 0 Å². The highest BCUT2D eigenvalue weighted by atomic mass is 31.1. The molecular weight excluding hydrogens is 143 g/mol. The Morgan fingerprint density at radius 2 is 1.70 bits per heavy atom. The molecule has 3 heteroatoms. The van der Waals surface area contributed by atoms with Gasteiger partial charge in [0.05, 0.1) is 0 Å². The van der Waals surface area contributed by atoms with Gasteiger partial charge in [0.2, 0.25) is 0 Å². The molecule has 0 aliphatic carbocycles. The molecule has 10 heavy (non-hydrogen) atoms. The van der Waals surface area contributed by atoms with E-state index in [1.807, 2.05) is 0 Å². The van der Waals surface area contributed by atoms with Crippen LogP contribution in [0.3, 0.4) is 0 Å². The molecule has 2 nitrogen and oxygen atoms in total. The first kappa shape index (κ1) is 7.02. The van der Waals surface area contributed by atoms with Crippen LogP contribution >= 0.6 is 8.07 Å². The minimum atomic E-state index is 0.321. The van der Waals surface area contributed by atoms with E-state index in [4.69, 9.17) is 0 Å². The molecule has 2 rings (SSSR count). The Morgan fingerprint density at radius 3 is 2.20 bits per heavy atom. The minimum Gasteiger partial charge on any atom is -0.296 e. The van der Waals surface area contributed by atoms with E-state index < -0.39 is 0 Å². The maximum Gasteiger partial charge on any atom is 0.0331 e. The molecule has 0 unspecified atom stereocenters. The van der Waals surface area contributed by atoms with Crippen LogP contribution in [0.2, 0.25) is 0 Å². The minimum absolute atomic E-state index is 0.321. The standard InChI is InChI=1S/C7H15N2P/c1-8-6-10(7-8)9-4-2-3-5-9/h2-7H2,1H3. The number of hydrogen-bond acceptors (Lipinski definition) is 2. The molecule has 0 aromatic heterocycles. The molecule has 0 spiro atoms. The van der Waals surface area contributed by atoms with Gasteiger partial charge in [-0.05, 0) is 28.0 Å². The van der Waals surface area contributed by atoms with E-state index in [1.165, 1.54) is 38.5 Å². The van der Waals surface area contributed by atoms with Crippen molar-refractivity contribution in [3.05, 3.63) is 0 Å². The highest BCUT2D eigenvalue weighted by Crippen LogP contribution is 2.49. The normalized spacial score (nSPS) is 30.9. The quantitative estimate of drug-likeness (QED) is 0.531. The number of nitrogens with zero attached hydrogens (tertiary/aromatic N) is 2. The molecule has 58 valence electrons. The van der Waals surface area contributed by atoms with Gasteiger partial charge in [0, 0.05) is 25.7 Å². The van der Waals surface area contributed by atoms with Gasteiger partial charge >= 0.3 is 0 Å². The number of rotatable bonds is 1. The Hall–Kier alpha value is 0.350. The van der Waals surface area contributed by atoms with Crippen LogP contribution in [-0.2, 0) is 0 Å². The monoisotopic (exact) mass is 158 g/mol. The summed E-state index contributed by atoms with van der Waals surface area (Å²) in [7, 11) is 2.54. The largest absolute Gasteiger partial charge is 0.296 e. The van der Waals surface area contributed by atoms with Gasteiger partial charge in [-0.25, -0.2) is 0 Å². The Kier molecular flexibility index (Phi) is 1.94. The predicted molar refractivity (Wildman–Crippen MR) is 45.2 cm³/mol. The smallest absolute Gasteiger partial charge is 0.0331 e. The van der Waals surface area contributed by atoms with Crippen LogP contribution in [-0.4, -0.2) is 42.3 Å². The first-order chi connectivity index (χ1) is 4.86. The summed E-state index contributed by atoms with van der Waals surface area (Å²) in [5, 5.41) is 0. The first-order valence-corrected chi connectivity index (χ1v) is 5.71. The van der Waals surface area contributed by atoms with E-state index in [9.17, 15) is 0 Å². The zero-order valence-electron chi connectivity index (χ0n) is 6.58. The molecule has 2 fully saturated rings. The lowest BCUT2D eigenvalue weighted by Crippen LogP contribution is -2.37. The van der Waals surface area contributed by atoms with Gasteiger partial charge in [0.25, 0.3) is 0 Å². The molecule has 0 aromatic carbocycles. The van der Waals surface area contributed by atoms with Crippen molar-refractivity contribution < 1.29 is 0 Å². The fraction of sp³-hybridized carbons (Fsp3) is 1.00. The second kappa shape index (κ2) is 2.77. The molecule has 2 aliphatic rings. The molecule has 0 radical (unpaired) electrons. The van der Waals surface area contributed by atoms with Crippen LogP contribution in [0.15, 0.2) is 0 Å². The zero-order valence-corrected chi connectivity index (χ0v) is 7.48. The Balaban J connectivity index is 1.78. The topological polar surface area (TPSA) is 6.48 Å². The number of hydrogen-bond donors (Lipinski definition) is 0. The van der Waals surface area contributed by atoms with E-state index in [0.29, 0.717) is 8.07 Å². The van der Waals surface area contributed by atoms with Gasteiger partial charge in [0.15, 0.2) is 0 Å². The van der Waals surface area contributed by atoms with Crippen molar-refractivity contribution in [2.45, 2.75) is 12.8 Å². The van der Waals surface area contributed by atoms with Crippen molar-refractivity contribution in [2.24, 2.45) is 0 Å². The van der Waals surface area contributed by atoms with Crippen molar-refractivity contribution in [3.63, 3.8) is 0 Å². The summed E-state index contributed by atoms with van der Waals surface area (Å²) in [6.45, 7) is 2.78. The van der Waals surface area contributed by atoms with Crippen LogP contribution < -0.4 is 0 Å². The van der Waals surface area contributed by atoms with E-state index in [1.54, 1.807) is 0 Å². The SMILES string of the molecule is CN1CP(N2CCCC2)C1. The van der Waals surface area contributed by atoms with E-state index >= 15 is 0 Å². The van der Waals surface area contributed by atoms with Crippen LogP contribution in [0, 0.1) is 0 Å². The summed E-state index contributed by atoms with van der Waals surface area (Å²) in [6, 6.07) is 0. The molecule has 2 saturated heterocycles. The summed E-state index contributed by atoms with van der Waals surface area (Å²) in [5.74, 6) is 0. The van der Waals surface area contributed by atoms with Gasteiger partial charge < -0.3 is 0 Å². The van der Waals surface area contributed by atoms with Gasteiger partial charge in [-0.15, -0.1) is 0 Å². The Labute approximate surface area is 64.0 Å². The van der Waals surface area contributed by atoms with Gasteiger partial charge in [-0.2, -0.15) is 0 Å². The lowest BCUT2D eigenvalue weighted by molar-refractivity contribution is 0.381. The summed E-state index contributed by atoms with van der Waals surface area (Å²) >= 11 is 0. The Morgan fingerprint density at radius 1 is 1.10 bits per heavy atom. The fourth-order valence-electron chi connectivity index (χ4n) is 1.68. The van der Waals surface area contributed by atoms with Crippen LogP contribution in [0.1, 0.15) is 12.8 Å². The third-order valence-electron chi connectivity index (χ3n) is 2.29. The lowest BCUT2D eigenvalue weighted by Gasteiger charge is -2.41. The van der Waals surface area contributed by atoms with E-state index in [-0.39, 0.29) is 0 Å². The van der Waals surface area contributed by atoms with Crippen molar-refractivity contribution >= 4 is 8.07 Å². The highest BCUT2D eigenvalue weighted by Gasteiger charge is 2.30. The maximum absolute atomic E-state index is 2.70. The molecule has 0 amide bonds. The van der Waals surface area contributed by atoms with E-state index in [0.717, 1.165) is 0 Å². The molecule has 0 atom stereocenters. The van der Waals surface area contributed by atoms with Crippen LogP contribution in [0.5, 0.6) is 0 Å². The van der Waals surface area contributed by atoms with Crippen LogP contribution in [0.25, 0.3) is 0 Å². The van der Waals surface area contributed by atoms with Gasteiger partial charge in [-0.1, -0.05) is 0 Å². The molecular formula is C7H15N2P. The first-order valence-electron chi connectivity index (χ1n) is 4.04. The Bertz CT molecular complexity index is 117. The van der Waals surface area contributed by atoms with Crippen LogP contribution in [0.4, 0.5) is 0 Å². The second-order valence-corrected chi connectivity index (χ2v) is 5.45. The fourth-order valence-corrected chi connectivity index (χ4v) is 3.92. The van der Waals surface area contributed by atoms with Crippen molar-refractivity contribution in [3.8, 4) is 0 Å². The molecule has 0 bridgehead atoms. The third-order valence-corrected chi connectivity index (χ3v) is 5.11. The molecule has 0 aromatic rings. The van der Waals surface area contributed by atoms with Gasteiger partial charge in [-0.3, -0.25) is 9.57 Å².